The van der Waals surface area contributed by atoms with E-state index in [0.717, 1.165) is 6.29 Å². The van der Waals surface area contributed by atoms with Crippen LogP contribution in [0.2, 0.25) is 0 Å². The van der Waals surface area contributed by atoms with Crippen LogP contribution in [0.4, 0.5) is 5.69 Å². The van der Waals surface area contributed by atoms with Crippen molar-refractivity contribution in [1.82, 2.24) is 0 Å². The number of nitro benzene ring substituents is 1. The lowest BCUT2D eigenvalue weighted by molar-refractivity contribution is -0.384. The van der Waals surface area contributed by atoms with Crippen molar-refractivity contribution < 1.29 is 14.5 Å². The van der Waals surface area contributed by atoms with Gasteiger partial charge in [0.15, 0.2) is 0 Å². The van der Waals surface area contributed by atoms with Gasteiger partial charge in [-0.1, -0.05) is 12.1 Å². The zero-order valence-corrected chi connectivity index (χ0v) is 9.17. The minimum Gasteiger partial charge on any atom is -0.383 e. The number of benzene rings is 1. The molecule has 0 saturated carbocycles. The van der Waals surface area contributed by atoms with Crippen molar-refractivity contribution in [1.29, 1.82) is 0 Å². The van der Waals surface area contributed by atoms with Crippen molar-refractivity contribution in [2.24, 2.45) is 0 Å². The van der Waals surface area contributed by atoms with Gasteiger partial charge < -0.3 is 9.53 Å². The Kier molecular flexibility index (Phi) is 3.73. The van der Waals surface area contributed by atoms with Crippen LogP contribution in [-0.2, 0) is 14.9 Å². The van der Waals surface area contributed by atoms with Crippen molar-refractivity contribution in [3.8, 4) is 0 Å². The van der Waals surface area contributed by atoms with E-state index in [4.69, 9.17) is 4.74 Å². The highest BCUT2D eigenvalue weighted by Crippen LogP contribution is 2.24. The quantitative estimate of drug-likeness (QED) is 0.432. The van der Waals surface area contributed by atoms with E-state index < -0.39 is 10.3 Å². The van der Waals surface area contributed by atoms with Crippen LogP contribution in [0.15, 0.2) is 24.3 Å². The predicted octanol–water partition coefficient (Wildman–Crippen LogP) is 1.70. The molecule has 86 valence electrons. The van der Waals surface area contributed by atoms with E-state index in [0.29, 0.717) is 5.56 Å². The minimum absolute atomic E-state index is 0.00872. The normalized spacial score (nSPS) is 14.1. The monoisotopic (exact) mass is 223 g/mol. The Morgan fingerprint density at radius 3 is 2.38 bits per heavy atom. The van der Waals surface area contributed by atoms with Gasteiger partial charge in [-0.2, -0.15) is 0 Å². The van der Waals surface area contributed by atoms with Crippen LogP contribution in [0.5, 0.6) is 0 Å². The summed E-state index contributed by atoms with van der Waals surface area (Å²) in [4.78, 5) is 21.0. The predicted molar refractivity (Wildman–Crippen MR) is 58.4 cm³/mol. The number of carbonyl (C=O) groups is 1. The molecule has 1 unspecified atom stereocenters. The van der Waals surface area contributed by atoms with E-state index in [9.17, 15) is 14.9 Å². The van der Waals surface area contributed by atoms with Crippen molar-refractivity contribution in [3.05, 3.63) is 39.9 Å². The van der Waals surface area contributed by atoms with Crippen molar-refractivity contribution in [2.75, 3.05) is 13.7 Å². The Balaban J connectivity index is 3.03. The van der Waals surface area contributed by atoms with E-state index in [2.05, 4.69) is 0 Å². The molecule has 1 aromatic carbocycles. The van der Waals surface area contributed by atoms with Gasteiger partial charge in [0, 0.05) is 19.2 Å². The highest BCUT2D eigenvalue weighted by molar-refractivity contribution is 5.68. The van der Waals surface area contributed by atoms with Crippen LogP contribution < -0.4 is 0 Å². The molecule has 5 heteroatoms. The second-order valence-corrected chi connectivity index (χ2v) is 3.77. The van der Waals surface area contributed by atoms with Crippen LogP contribution in [0.3, 0.4) is 0 Å². The Bertz CT molecular complexity index is 387. The molecule has 0 amide bonds. The number of non-ortho nitro benzene ring substituents is 1. The standard InChI is InChI=1S/C11H13NO4/c1-11(7-13,8-16-2)9-3-5-10(6-4-9)12(14)15/h3-7H,8H2,1-2H3. The summed E-state index contributed by atoms with van der Waals surface area (Å²) in [5.41, 5.74) is -0.0477. The van der Waals surface area contributed by atoms with Gasteiger partial charge in [-0.15, -0.1) is 0 Å². The molecule has 1 aromatic rings. The van der Waals surface area contributed by atoms with Gasteiger partial charge in [0.05, 0.1) is 16.9 Å². The first-order valence-corrected chi connectivity index (χ1v) is 4.73. The van der Waals surface area contributed by atoms with E-state index in [1.54, 1.807) is 19.1 Å². The average Bonchev–Trinajstić information content (AvgIpc) is 2.29. The summed E-state index contributed by atoms with van der Waals surface area (Å²) in [6, 6.07) is 5.91. The highest BCUT2D eigenvalue weighted by atomic mass is 16.6. The first-order chi connectivity index (χ1) is 7.53. The number of hydrogen-bond donors (Lipinski definition) is 0. The molecule has 0 aliphatic carbocycles. The van der Waals surface area contributed by atoms with Gasteiger partial charge in [0.1, 0.15) is 6.29 Å². The van der Waals surface area contributed by atoms with Gasteiger partial charge in [0.2, 0.25) is 0 Å². The first kappa shape index (κ1) is 12.3. The molecule has 0 aliphatic rings. The SMILES string of the molecule is COCC(C)(C=O)c1ccc([N+](=O)[O-])cc1. The summed E-state index contributed by atoms with van der Waals surface area (Å²) in [6.07, 6.45) is 0.789. The van der Waals surface area contributed by atoms with Crippen LogP contribution in [0.25, 0.3) is 0 Å². The maximum atomic E-state index is 11.0. The molecule has 1 atom stereocenters. The van der Waals surface area contributed by atoms with Gasteiger partial charge in [-0.3, -0.25) is 10.1 Å². The molecule has 0 aliphatic heterocycles. The fraction of sp³-hybridized carbons (Fsp3) is 0.364. The summed E-state index contributed by atoms with van der Waals surface area (Å²) < 4.78 is 4.96. The molecular formula is C11H13NO4. The fourth-order valence-electron chi connectivity index (χ4n) is 1.45. The molecule has 0 N–H and O–H groups in total. The smallest absolute Gasteiger partial charge is 0.269 e. The third-order valence-corrected chi connectivity index (χ3v) is 2.44. The summed E-state index contributed by atoms with van der Waals surface area (Å²) in [7, 11) is 1.51. The summed E-state index contributed by atoms with van der Waals surface area (Å²) >= 11 is 0. The fourth-order valence-corrected chi connectivity index (χ4v) is 1.45. The van der Waals surface area contributed by atoms with Gasteiger partial charge in [-0.05, 0) is 12.5 Å². The topological polar surface area (TPSA) is 69.4 Å². The number of carbonyl (C=O) groups excluding carboxylic acids is 1. The van der Waals surface area contributed by atoms with Crippen LogP contribution in [0, 0.1) is 10.1 Å². The average molecular weight is 223 g/mol. The Morgan fingerprint density at radius 1 is 1.44 bits per heavy atom. The minimum atomic E-state index is -0.760. The van der Waals surface area contributed by atoms with E-state index >= 15 is 0 Å². The van der Waals surface area contributed by atoms with Crippen molar-refractivity contribution in [3.63, 3.8) is 0 Å². The molecule has 0 saturated heterocycles. The van der Waals surface area contributed by atoms with E-state index in [-0.39, 0.29) is 12.3 Å². The molecule has 0 spiro atoms. The number of ether oxygens (including phenoxy) is 1. The van der Waals surface area contributed by atoms with Crippen molar-refractivity contribution in [2.45, 2.75) is 12.3 Å². The summed E-state index contributed by atoms with van der Waals surface area (Å²) in [5, 5.41) is 10.5. The molecule has 1 rings (SSSR count). The van der Waals surface area contributed by atoms with E-state index in [1.165, 1.54) is 19.2 Å². The zero-order valence-electron chi connectivity index (χ0n) is 9.17. The Hall–Kier alpha value is -1.75. The summed E-state index contributed by atoms with van der Waals surface area (Å²) in [6.45, 7) is 1.97. The number of nitro groups is 1. The Morgan fingerprint density at radius 2 is 2.00 bits per heavy atom. The Labute approximate surface area is 93.2 Å². The van der Waals surface area contributed by atoms with E-state index in [1.807, 2.05) is 0 Å². The largest absolute Gasteiger partial charge is 0.383 e. The van der Waals surface area contributed by atoms with Crippen LogP contribution in [0.1, 0.15) is 12.5 Å². The number of aldehydes is 1. The highest BCUT2D eigenvalue weighted by Gasteiger charge is 2.26. The van der Waals surface area contributed by atoms with Crippen LogP contribution in [-0.4, -0.2) is 24.9 Å². The number of methoxy groups -OCH3 is 1. The zero-order chi connectivity index (χ0) is 12.2. The molecule has 0 aromatic heterocycles. The third kappa shape index (κ3) is 2.43. The number of nitrogens with zero attached hydrogens (tertiary/aromatic N) is 1. The number of hydrogen-bond acceptors (Lipinski definition) is 4. The van der Waals surface area contributed by atoms with Gasteiger partial charge in [-0.25, -0.2) is 0 Å². The summed E-state index contributed by atoms with van der Waals surface area (Å²) in [5.74, 6) is 0. The second kappa shape index (κ2) is 4.85. The first-order valence-electron chi connectivity index (χ1n) is 4.73. The number of rotatable bonds is 5. The van der Waals surface area contributed by atoms with Crippen LogP contribution >= 0.6 is 0 Å². The molecule has 0 fully saturated rings. The second-order valence-electron chi connectivity index (χ2n) is 3.77. The van der Waals surface area contributed by atoms with Gasteiger partial charge >= 0.3 is 0 Å². The maximum absolute atomic E-state index is 11.0. The van der Waals surface area contributed by atoms with Crippen molar-refractivity contribution >= 4 is 12.0 Å². The molecular weight excluding hydrogens is 210 g/mol. The molecule has 0 heterocycles. The maximum Gasteiger partial charge on any atom is 0.269 e. The molecule has 5 nitrogen and oxygen atoms in total. The lowest BCUT2D eigenvalue weighted by Gasteiger charge is -2.22. The molecule has 0 radical (unpaired) electrons. The molecule has 16 heavy (non-hydrogen) atoms. The van der Waals surface area contributed by atoms with Gasteiger partial charge in [0.25, 0.3) is 5.69 Å². The lowest BCUT2D eigenvalue weighted by atomic mass is 9.85. The lowest BCUT2D eigenvalue weighted by Crippen LogP contribution is -2.29. The third-order valence-electron chi connectivity index (χ3n) is 2.44. The molecule has 0 bridgehead atoms.